The molecular weight excluding hydrogens is 202 g/mol. The fourth-order valence-corrected chi connectivity index (χ4v) is 4.25. The lowest BCUT2D eigenvalue weighted by atomic mass is 10.1. The maximum absolute atomic E-state index is 11.4. The van der Waals surface area contributed by atoms with Gasteiger partial charge in [-0.15, -0.1) is 0 Å². The fraction of sp³-hybridized carbons (Fsp3) is 1.00. The van der Waals surface area contributed by atoms with Crippen LogP contribution in [0.5, 0.6) is 0 Å². The monoisotopic (exact) mass is 217 g/mol. The first-order chi connectivity index (χ1) is 6.64. The molecule has 1 N–H and O–H groups in total. The summed E-state index contributed by atoms with van der Waals surface area (Å²) in [6.45, 7) is 0.835. The number of hydrogen-bond donors (Lipinski definition) is 1. The summed E-state index contributed by atoms with van der Waals surface area (Å²) >= 11 is 0. The van der Waals surface area contributed by atoms with Gasteiger partial charge in [-0.3, -0.25) is 0 Å². The Kier molecular flexibility index (Phi) is 1.91. The van der Waals surface area contributed by atoms with E-state index in [4.69, 9.17) is 4.74 Å². The van der Waals surface area contributed by atoms with Crippen molar-refractivity contribution in [3.8, 4) is 0 Å². The number of nitrogens with one attached hydrogen (secondary N) is 1. The lowest BCUT2D eigenvalue weighted by molar-refractivity contribution is -0.0521. The van der Waals surface area contributed by atoms with E-state index in [2.05, 4.69) is 5.32 Å². The molecule has 0 aromatic carbocycles. The van der Waals surface area contributed by atoms with E-state index in [9.17, 15) is 8.42 Å². The summed E-state index contributed by atoms with van der Waals surface area (Å²) in [7, 11) is -2.85. The molecule has 3 aliphatic rings. The zero-order chi connectivity index (χ0) is 9.76. The smallest absolute Gasteiger partial charge is 0.154 e. The van der Waals surface area contributed by atoms with Gasteiger partial charge in [-0.2, -0.15) is 0 Å². The number of ether oxygens (including phenoxy) is 1. The Bertz CT molecular complexity index is 336. The lowest BCUT2D eigenvalue weighted by Gasteiger charge is -2.32. The molecule has 80 valence electrons. The zero-order valence-corrected chi connectivity index (χ0v) is 8.79. The van der Waals surface area contributed by atoms with Gasteiger partial charge in [0.2, 0.25) is 0 Å². The minimum Gasteiger partial charge on any atom is -0.371 e. The van der Waals surface area contributed by atoms with Gasteiger partial charge in [-0.1, -0.05) is 0 Å². The molecule has 4 nitrogen and oxygen atoms in total. The van der Waals surface area contributed by atoms with Crippen LogP contribution in [0.25, 0.3) is 0 Å². The molecule has 0 radical (unpaired) electrons. The maximum Gasteiger partial charge on any atom is 0.154 e. The molecule has 3 rings (SSSR count). The molecule has 3 atom stereocenters. The third kappa shape index (κ3) is 1.57. The molecule has 1 aliphatic carbocycles. The van der Waals surface area contributed by atoms with Crippen LogP contribution in [0.15, 0.2) is 0 Å². The van der Waals surface area contributed by atoms with Gasteiger partial charge >= 0.3 is 0 Å². The van der Waals surface area contributed by atoms with Crippen molar-refractivity contribution in [1.82, 2.24) is 5.32 Å². The van der Waals surface area contributed by atoms with Gasteiger partial charge in [0.15, 0.2) is 9.84 Å². The summed E-state index contributed by atoms with van der Waals surface area (Å²) in [4.78, 5) is 0. The Balaban J connectivity index is 1.72. The first kappa shape index (κ1) is 9.12. The van der Waals surface area contributed by atoms with Crippen LogP contribution in [-0.2, 0) is 14.6 Å². The van der Waals surface area contributed by atoms with Crippen molar-refractivity contribution in [2.45, 2.75) is 31.1 Å². The van der Waals surface area contributed by atoms with Crippen molar-refractivity contribution in [1.29, 1.82) is 0 Å². The molecule has 1 saturated carbocycles. The molecule has 3 fully saturated rings. The molecule has 0 bridgehead atoms. The summed E-state index contributed by atoms with van der Waals surface area (Å²) in [5.74, 6) is 1.16. The second kappa shape index (κ2) is 2.93. The zero-order valence-electron chi connectivity index (χ0n) is 7.98. The Morgan fingerprint density at radius 2 is 1.93 bits per heavy atom. The number of morpholine rings is 1. The van der Waals surface area contributed by atoms with Crippen LogP contribution >= 0.6 is 0 Å². The number of fused-ring (bicyclic) bond motifs is 1. The Hall–Kier alpha value is -0.130. The van der Waals surface area contributed by atoms with E-state index in [1.165, 1.54) is 12.8 Å². The summed E-state index contributed by atoms with van der Waals surface area (Å²) in [5, 5.41) is 3.30. The number of rotatable bonds is 1. The van der Waals surface area contributed by atoms with Crippen LogP contribution in [0.1, 0.15) is 12.8 Å². The quantitative estimate of drug-likeness (QED) is 0.646. The fourth-order valence-electron chi connectivity index (χ4n) is 2.43. The van der Waals surface area contributed by atoms with Gasteiger partial charge in [-0.05, 0) is 18.8 Å². The van der Waals surface area contributed by atoms with Crippen molar-refractivity contribution in [2.24, 2.45) is 5.92 Å². The van der Waals surface area contributed by atoms with Gasteiger partial charge in [0.05, 0.1) is 23.7 Å². The van der Waals surface area contributed by atoms with Gasteiger partial charge in [0.25, 0.3) is 0 Å². The highest BCUT2D eigenvalue weighted by Gasteiger charge is 2.45. The highest BCUT2D eigenvalue weighted by molar-refractivity contribution is 7.91. The first-order valence-corrected chi connectivity index (χ1v) is 7.05. The highest BCUT2D eigenvalue weighted by Crippen LogP contribution is 2.37. The normalized spacial score (nSPS) is 46.1. The second-order valence-corrected chi connectivity index (χ2v) is 6.80. The third-order valence-corrected chi connectivity index (χ3v) is 5.08. The number of hydrogen-bond acceptors (Lipinski definition) is 4. The van der Waals surface area contributed by atoms with E-state index < -0.39 is 9.84 Å². The Morgan fingerprint density at radius 3 is 2.64 bits per heavy atom. The van der Waals surface area contributed by atoms with Crippen molar-refractivity contribution >= 4 is 9.84 Å². The summed E-state index contributed by atoms with van der Waals surface area (Å²) in [6, 6.07) is 0.0509. The second-order valence-electron chi connectivity index (χ2n) is 4.64. The van der Waals surface area contributed by atoms with Crippen LogP contribution in [0.4, 0.5) is 0 Å². The van der Waals surface area contributed by atoms with Gasteiger partial charge < -0.3 is 10.1 Å². The standard InChI is InChI=1S/C9H15NO3S/c11-14(12)4-7-9(5-14)13-8(3-10-7)6-1-2-6/h6-10H,1-5H2. The minimum absolute atomic E-state index is 0.0509. The largest absolute Gasteiger partial charge is 0.371 e. The predicted octanol–water partition coefficient (Wildman–Crippen LogP) is -0.450. The maximum atomic E-state index is 11.4. The van der Waals surface area contributed by atoms with Gasteiger partial charge in [0, 0.05) is 12.6 Å². The molecule has 2 aliphatic heterocycles. The highest BCUT2D eigenvalue weighted by atomic mass is 32.2. The molecule has 14 heavy (non-hydrogen) atoms. The predicted molar refractivity (Wildman–Crippen MR) is 51.8 cm³/mol. The summed E-state index contributed by atoms with van der Waals surface area (Å²) in [5.41, 5.74) is 0. The molecular formula is C9H15NO3S. The van der Waals surface area contributed by atoms with E-state index in [1.807, 2.05) is 0 Å². The topological polar surface area (TPSA) is 55.4 Å². The van der Waals surface area contributed by atoms with E-state index >= 15 is 0 Å². The number of sulfone groups is 1. The SMILES string of the molecule is O=S1(=O)CC2NCC(C3CC3)OC2C1. The van der Waals surface area contributed by atoms with Crippen molar-refractivity contribution in [3.63, 3.8) is 0 Å². The Morgan fingerprint density at radius 1 is 1.14 bits per heavy atom. The third-order valence-electron chi connectivity index (χ3n) is 3.38. The van der Waals surface area contributed by atoms with Gasteiger partial charge in [-0.25, -0.2) is 8.42 Å². The van der Waals surface area contributed by atoms with E-state index in [-0.39, 0.29) is 29.8 Å². The average Bonchev–Trinajstić information content (AvgIpc) is 2.86. The molecule has 3 unspecified atom stereocenters. The molecule has 2 heterocycles. The summed E-state index contributed by atoms with van der Waals surface area (Å²) in [6.07, 6.45) is 2.68. The van der Waals surface area contributed by atoms with Crippen molar-refractivity contribution in [2.75, 3.05) is 18.1 Å². The molecule has 0 aromatic heterocycles. The van der Waals surface area contributed by atoms with Crippen LogP contribution in [0, 0.1) is 5.92 Å². The first-order valence-electron chi connectivity index (χ1n) is 5.23. The van der Waals surface area contributed by atoms with E-state index in [0.717, 1.165) is 6.54 Å². The molecule has 5 heteroatoms. The summed E-state index contributed by atoms with van der Waals surface area (Å²) < 4.78 is 28.6. The van der Waals surface area contributed by atoms with Gasteiger partial charge in [0.1, 0.15) is 0 Å². The minimum atomic E-state index is -2.85. The van der Waals surface area contributed by atoms with Crippen molar-refractivity contribution in [3.05, 3.63) is 0 Å². The molecule has 2 saturated heterocycles. The van der Waals surface area contributed by atoms with Crippen LogP contribution in [0.2, 0.25) is 0 Å². The van der Waals surface area contributed by atoms with E-state index in [0.29, 0.717) is 5.92 Å². The average molecular weight is 217 g/mol. The van der Waals surface area contributed by atoms with Crippen molar-refractivity contribution < 1.29 is 13.2 Å². The molecule has 0 amide bonds. The molecule has 0 spiro atoms. The lowest BCUT2D eigenvalue weighted by Crippen LogP contribution is -2.52. The molecule has 0 aromatic rings. The van der Waals surface area contributed by atoms with Crippen LogP contribution in [0.3, 0.4) is 0 Å². The Labute approximate surface area is 83.9 Å². The van der Waals surface area contributed by atoms with E-state index in [1.54, 1.807) is 0 Å². The van der Waals surface area contributed by atoms with Crippen LogP contribution in [-0.4, -0.2) is 44.7 Å². The van der Waals surface area contributed by atoms with Crippen LogP contribution < -0.4 is 5.32 Å².